The highest BCUT2D eigenvalue weighted by atomic mass is 19.1. The Kier molecular flexibility index (Phi) is 3.69. The predicted octanol–water partition coefficient (Wildman–Crippen LogP) is 2.73. The Balaban J connectivity index is 2.34. The molecule has 0 aromatic heterocycles. The first-order chi connectivity index (χ1) is 8.61. The molecule has 0 bridgehead atoms. The van der Waals surface area contributed by atoms with E-state index in [1.54, 1.807) is 30.3 Å². The Hall–Kier alpha value is -1.78. The third-order valence-corrected chi connectivity index (χ3v) is 2.74. The Morgan fingerprint density at radius 3 is 1.83 bits per heavy atom. The lowest BCUT2D eigenvalue weighted by Crippen LogP contribution is -2.13. The predicted molar refractivity (Wildman–Crippen MR) is 62.7 cm³/mol. The molecular weight excluding hydrogens is 238 g/mol. The van der Waals surface area contributed by atoms with Gasteiger partial charge in [-0.15, -0.1) is 0 Å². The molecular formula is C14H12F2O2. The first kappa shape index (κ1) is 12.7. The zero-order chi connectivity index (χ0) is 13.1. The molecule has 2 unspecified atom stereocenters. The summed E-state index contributed by atoms with van der Waals surface area (Å²) >= 11 is 0. The average Bonchev–Trinajstić information content (AvgIpc) is 2.38. The van der Waals surface area contributed by atoms with Gasteiger partial charge in [0.05, 0.1) is 5.56 Å². The van der Waals surface area contributed by atoms with E-state index in [4.69, 9.17) is 0 Å². The quantitative estimate of drug-likeness (QED) is 0.879. The van der Waals surface area contributed by atoms with Gasteiger partial charge in [-0.1, -0.05) is 36.4 Å². The van der Waals surface area contributed by atoms with Gasteiger partial charge in [-0.25, -0.2) is 8.78 Å². The molecule has 2 aromatic rings. The van der Waals surface area contributed by atoms with Crippen LogP contribution >= 0.6 is 0 Å². The summed E-state index contributed by atoms with van der Waals surface area (Å²) in [5, 5.41) is 19.8. The third-order valence-electron chi connectivity index (χ3n) is 2.74. The second-order valence-electron chi connectivity index (χ2n) is 3.94. The second kappa shape index (κ2) is 5.25. The Bertz CT molecular complexity index is 508. The largest absolute Gasteiger partial charge is 0.385 e. The standard InChI is InChI=1S/C14H12F2O2/c15-10-7-4-8-11(16)12(10)14(18)13(17)9-5-2-1-3-6-9/h1-8,13-14,17-18H. The lowest BCUT2D eigenvalue weighted by molar-refractivity contribution is 0.0128. The minimum absolute atomic E-state index is 0.396. The first-order valence-electron chi connectivity index (χ1n) is 5.46. The van der Waals surface area contributed by atoms with E-state index in [2.05, 4.69) is 0 Å². The first-order valence-corrected chi connectivity index (χ1v) is 5.46. The van der Waals surface area contributed by atoms with Gasteiger partial charge < -0.3 is 10.2 Å². The monoisotopic (exact) mass is 250 g/mol. The van der Waals surface area contributed by atoms with Crippen LogP contribution in [0.15, 0.2) is 48.5 Å². The summed E-state index contributed by atoms with van der Waals surface area (Å²) < 4.78 is 26.9. The minimum atomic E-state index is -1.64. The summed E-state index contributed by atoms with van der Waals surface area (Å²) in [5.74, 6) is -1.75. The van der Waals surface area contributed by atoms with Gasteiger partial charge in [0, 0.05) is 0 Å². The van der Waals surface area contributed by atoms with Crippen LogP contribution < -0.4 is 0 Å². The van der Waals surface area contributed by atoms with Crippen LogP contribution in [0, 0.1) is 11.6 Å². The van der Waals surface area contributed by atoms with E-state index in [-0.39, 0.29) is 0 Å². The number of rotatable bonds is 3. The summed E-state index contributed by atoms with van der Waals surface area (Å²) in [4.78, 5) is 0. The van der Waals surface area contributed by atoms with Crippen molar-refractivity contribution in [3.8, 4) is 0 Å². The van der Waals surface area contributed by atoms with E-state index in [0.29, 0.717) is 5.56 Å². The number of aliphatic hydroxyl groups is 2. The molecule has 0 saturated carbocycles. The van der Waals surface area contributed by atoms with Crippen molar-refractivity contribution in [3.63, 3.8) is 0 Å². The molecule has 2 atom stereocenters. The van der Waals surface area contributed by atoms with Gasteiger partial charge in [0.15, 0.2) is 0 Å². The Morgan fingerprint density at radius 2 is 1.28 bits per heavy atom. The number of hydrogen-bond donors (Lipinski definition) is 2. The molecule has 0 spiro atoms. The van der Waals surface area contributed by atoms with Crippen LogP contribution in [0.4, 0.5) is 8.78 Å². The van der Waals surface area contributed by atoms with Gasteiger partial charge >= 0.3 is 0 Å². The summed E-state index contributed by atoms with van der Waals surface area (Å²) in [6.07, 6.45) is -3.02. The fourth-order valence-electron chi connectivity index (χ4n) is 1.78. The minimum Gasteiger partial charge on any atom is -0.385 e. The van der Waals surface area contributed by atoms with Crippen molar-refractivity contribution < 1.29 is 19.0 Å². The van der Waals surface area contributed by atoms with E-state index in [1.807, 2.05) is 0 Å². The Labute approximate surface area is 103 Å². The van der Waals surface area contributed by atoms with Crippen LogP contribution in [0.25, 0.3) is 0 Å². The highest BCUT2D eigenvalue weighted by Crippen LogP contribution is 2.31. The summed E-state index contributed by atoms with van der Waals surface area (Å²) in [6, 6.07) is 11.5. The van der Waals surface area contributed by atoms with Crippen molar-refractivity contribution in [2.24, 2.45) is 0 Å². The van der Waals surface area contributed by atoms with Gasteiger partial charge in [0.25, 0.3) is 0 Å². The van der Waals surface area contributed by atoms with Crippen LogP contribution in [-0.2, 0) is 0 Å². The zero-order valence-electron chi connectivity index (χ0n) is 9.42. The number of hydrogen-bond acceptors (Lipinski definition) is 2. The van der Waals surface area contributed by atoms with Gasteiger partial charge in [0.2, 0.25) is 0 Å². The molecule has 18 heavy (non-hydrogen) atoms. The topological polar surface area (TPSA) is 40.5 Å². The molecule has 0 fully saturated rings. The molecule has 0 amide bonds. The molecule has 0 heterocycles. The second-order valence-corrected chi connectivity index (χ2v) is 3.94. The van der Waals surface area contributed by atoms with E-state index in [9.17, 15) is 19.0 Å². The van der Waals surface area contributed by atoms with Crippen LogP contribution in [0.5, 0.6) is 0 Å². The zero-order valence-corrected chi connectivity index (χ0v) is 9.42. The molecule has 2 aromatic carbocycles. The van der Waals surface area contributed by atoms with Crippen molar-refractivity contribution in [2.75, 3.05) is 0 Å². The molecule has 0 aliphatic carbocycles. The number of benzene rings is 2. The van der Waals surface area contributed by atoms with Crippen LogP contribution in [-0.4, -0.2) is 10.2 Å². The molecule has 2 nitrogen and oxygen atoms in total. The van der Waals surface area contributed by atoms with Crippen molar-refractivity contribution in [1.82, 2.24) is 0 Å². The third kappa shape index (κ3) is 2.39. The van der Waals surface area contributed by atoms with E-state index < -0.39 is 29.4 Å². The number of halogens is 2. The van der Waals surface area contributed by atoms with Gasteiger partial charge in [-0.3, -0.25) is 0 Å². The highest BCUT2D eigenvalue weighted by molar-refractivity contribution is 5.27. The maximum absolute atomic E-state index is 13.5. The number of aliphatic hydroxyl groups excluding tert-OH is 2. The molecule has 0 aliphatic heterocycles. The van der Waals surface area contributed by atoms with Crippen LogP contribution in [0.2, 0.25) is 0 Å². The molecule has 0 saturated heterocycles. The van der Waals surface area contributed by atoms with Crippen molar-refractivity contribution in [3.05, 3.63) is 71.3 Å². The van der Waals surface area contributed by atoms with Crippen LogP contribution in [0.3, 0.4) is 0 Å². The molecule has 0 aliphatic rings. The molecule has 0 radical (unpaired) electrons. The van der Waals surface area contributed by atoms with E-state index in [0.717, 1.165) is 12.1 Å². The SMILES string of the molecule is OC(c1ccccc1)C(O)c1c(F)cccc1F. The summed E-state index contributed by atoms with van der Waals surface area (Å²) in [7, 11) is 0. The van der Waals surface area contributed by atoms with Gasteiger partial charge in [-0.2, -0.15) is 0 Å². The fraction of sp³-hybridized carbons (Fsp3) is 0.143. The lowest BCUT2D eigenvalue weighted by Gasteiger charge is -2.19. The van der Waals surface area contributed by atoms with E-state index >= 15 is 0 Å². The highest BCUT2D eigenvalue weighted by Gasteiger charge is 2.25. The lowest BCUT2D eigenvalue weighted by atomic mass is 9.97. The van der Waals surface area contributed by atoms with Gasteiger partial charge in [-0.05, 0) is 17.7 Å². The smallest absolute Gasteiger partial charge is 0.132 e. The molecule has 2 N–H and O–H groups in total. The Morgan fingerprint density at radius 1 is 0.722 bits per heavy atom. The molecule has 2 rings (SSSR count). The van der Waals surface area contributed by atoms with E-state index in [1.165, 1.54) is 6.07 Å². The average molecular weight is 250 g/mol. The molecule has 94 valence electrons. The van der Waals surface area contributed by atoms with Crippen molar-refractivity contribution >= 4 is 0 Å². The van der Waals surface area contributed by atoms with Crippen LogP contribution in [0.1, 0.15) is 23.3 Å². The summed E-state index contributed by atoms with van der Waals surface area (Å²) in [6.45, 7) is 0. The van der Waals surface area contributed by atoms with Crippen molar-refractivity contribution in [1.29, 1.82) is 0 Å². The molecule has 4 heteroatoms. The summed E-state index contributed by atoms with van der Waals surface area (Å²) in [5.41, 5.74) is -0.124. The normalized spacial score (nSPS) is 14.2. The maximum Gasteiger partial charge on any atom is 0.132 e. The maximum atomic E-state index is 13.5. The fourth-order valence-corrected chi connectivity index (χ4v) is 1.78. The van der Waals surface area contributed by atoms with Gasteiger partial charge in [0.1, 0.15) is 23.8 Å². The van der Waals surface area contributed by atoms with Crippen molar-refractivity contribution in [2.45, 2.75) is 12.2 Å².